The van der Waals surface area contributed by atoms with Gasteiger partial charge in [-0.2, -0.15) is 18.4 Å². The number of nitrogens with one attached hydrogen (secondary N) is 1. The predicted molar refractivity (Wildman–Crippen MR) is 54.9 cm³/mol. The van der Waals surface area contributed by atoms with E-state index in [1.807, 2.05) is 0 Å². The standard InChI is InChI=1S/C11H9F5N2/c12-8-4-7(6-17)5-9(13)10(8)18-3-1-2-11(14,15)16/h4-5,18H,1-3H2. The van der Waals surface area contributed by atoms with Crippen LogP contribution in [0.3, 0.4) is 0 Å². The lowest BCUT2D eigenvalue weighted by Gasteiger charge is -2.10. The first-order chi connectivity index (χ1) is 8.33. The van der Waals surface area contributed by atoms with Crippen molar-refractivity contribution >= 4 is 5.69 Å². The molecule has 0 saturated carbocycles. The lowest BCUT2D eigenvalue weighted by molar-refractivity contribution is -0.134. The van der Waals surface area contributed by atoms with Crippen LogP contribution in [0.25, 0.3) is 0 Å². The van der Waals surface area contributed by atoms with Gasteiger partial charge in [0.2, 0.25) is 0 Å². The molecule has 0 saturated heterocycles. The van der Waals surface area contributed by atoms with Crippen LogP contribution in [0.2, 0.25) is 0 Å². The maximum Gasteiger partial charge on any atom is 0.389 e. The number of anilines is 1. The molecule has 0 amide bonds. The summed E-state index contributed by atoms with van der Waals surface area (Å²) in [5, 5.41) is 10.7. The molecule has 0 bridgehead atoms. The van der Waals surface area contributed by atoms with Crippen molar-refractivity contribution in [1.82, 2.24) is 0 Å². The van der Waals surface area contributed by atoms with Crippen LogP contribution >= 0.6 is 0 Å². The third-order valence-electron chi connectivity index (χ3n) is 2.11. The van der Waals surface area contributed by atoms with Crippen molar-refractivity contribution in [3.05, 3.63) is 29.3 Å². The van der Waals surface area contributed by atoms with Gasteiger partial charge >= 0.3 is 6.18 Å². The zero-order valence-corrected chi connectivity index (χ0v) is 9.11. The van der Waals surface area contributed by atoms with Crippen LogP contribution in [0.4, 0.5) is 27.6 Å². The van der Waals surface area contributed by atoms with Crippen molar-refractivity contribution in [3.8, 4) is 6.07 Å². The van der Waals surface area contributed by atoms with Gasteiger partial charge in [0, 0.05) is 13.0 Å². The number of nitrogens with zero attached hydrogens (tertiary/aromatic N) is 1. The van der Waals surface area contributed by atoms with Crippen molar-refractivity contribution < 1.29 is 22.0 Å². The van der Waals surface area contributed by atoms with Crippen molar-refractivity contribution in [3.63, 3.8) is 0 Å². The highest BCUT2D eigenvalue weighted by Crippen LogP contribution is 2.23. The summed E-state index contributed by atoms with van der Waals surface area (Å²) in [5.41, 5.74) is -0.706. The first kappa shape index (κ1) is 14.2. The highest BCUT2D eigenvalue weighted by molar-refractivity contribution is 5.50. The van der Waals surface area contributed by atoms with Crippen LogP contribution in [-0.4, -0.2) is 12.7 Å². The first-order valence-electron chi connectivity index (χ1n) is 5.03. The number of hydrogen-bond acceptors (Lipinski definition) is 2. The minimum atomic E-state index is -4.29. The van der Waals surface area contributed by atoms with Gasteiger partial charge in [0.1, 0.15) is 5.69 Å². The Kier molecular flexibility index (Phi) is 4.48. The van der Waals surface area contributed by atoms with E-state index in [9.17, 15) is 22.0 Å². The first-order valence-corrected chi connectivity index (χ1v) is 5.03. The van der Waals surface area contributed by atoms with E-state index in [0.29, 0.717) is 0 Å². The zero-order chi connectivity index (χ0) is 13.8. The molecule has 0 radical (unpaired) electrons. The molecular formula is C11H9F5N2. The molecule has 1 aromatic rings. The van der Waals surface area contributed by atoms with Crippen LogP contribution in [-0.2, 0) is 0 Å². The fourth-order valence-electron chi connectivity index (χ4n) is 1.31. The summed E-state index contributed by atoms with van der Waals surface area (Å²) in [6.07, 6.45) is -5.61. The highest BCUT2D eigenvalue weighted by atomic mass is 19.4. The van der Waals surface area contributed by atoms with E-state index in [4.69, 9.17) is 5.26 Å². The van der Waals surface area contributed by atoms with Gasteiger partial charge in [-0.1, -0.05) is 0 Å². The van der Waals surface area contributed by atoms with Gasteiger partial charge in [-0.15, -0.1) is 0 Å². The smallest absolute Gasteiger partial charge is 0.380 e. The maximum atomic E-state index is 13.3. The Morgan fingerprint density at radius 2 is 1.72 bits per heavy atom. The van der Waals surface area contributed by atoms with E-state index < -0.39 is 29.9 Å². The Morgan fingerprint density at radius 3 is 2.17 bits per heavy atom. The minimum Gasteiger partial charge on any atom is -0.380 e. The Bertz CT molecular complexity index is 438. The van der Waals surface area contributed by atoms with Crippen LogP contribution in [0.1, 0.15) is 18.4 Å². The van der Waals surface area contributed by atoms with Crippen LogP contribution in [0.5, 0.6) is 0 Å². The van der Waals surface area contributed by atoms with Crippen LogP contribution in [0, 0.1) is 23.0 Å². The molecular weight excluding hydrogens is 255 g/mol. The number of rotatable bonds is 4. The molecule has 1 rings (SSSR count). The van der Waals surface area contributed by atoms with E-state index in [1.54, 1.807) is 6.07 Å². The number of hydrogen-bond donors (Lipinski definition) is 1. The monoisotopic (exact) mass is 264 g/mol. The maximum absolute atomic E-state index is 13.3. The molecule has 1 aromatic carbocycles. The van der Waals surface area contributed by atoms with Crippen molar-refractivity contribution in [2.45, 2.75) is 19.0 Å². The summed E-state index contributed by atoms with van der Waals surface area (Å²) in [4.78, 5) is 0. The average Bonchev–Trinajstić information content (AvgIpc) is 2.25. The summed E-state index contributed by atoms with van der Waals surface area (Å²) in [7, 11) is 0. The Labute approximate surface area is 100 Å². The molecule has 98 valence electrons. The fourth-order valence-corrected chi connectivity index (χ4v) is 1.31. The molecule has 18 heavy (non-hydrogen) atoms. The second kappa shape index (κ2) is 5.67. The van der Waals surface area contributed by atoms with E-state index in [1.165, 1.54) is 0 Å². The second-order valence-corrected chi connectivity index (χ2v) is 3.57. The molecule has 0 spiro atoms. The number of nitriles is 1. The van der Waals surface area contributed by atoms with Gasteiger partial charge in [-0.05, 0) is 18.6 Å². The van der Waals surface area contributed by atoms with Gasteiger partial charge in [-0.3, -0.25) is 0 Å². The van der Waals surface area contributed by atoms with E-state index in [-0.39, 0.29) is 18.5 Å². The summed E-state index contributed by atoms with van der Waals surface area (Å²) in [6, 6.07) is 3.20. The number of halogens is 5. The molecule has 0 aliphatic carbocycles. The summed E-state index contributed by atoms with van der Waals surface area (Å²) in [6.45, 7) is -0.209. The zero-order valence-electron chi connectivity index (χ0n) is 9.11. The molecule has 0 aliphatic heterocycles. The fraction of sp³-hybridized carbons (Fsp3) is 0.364. The van der Waals surface area contributed by atoms with E-state index in [2.05, 4.69) is 5.32 Å². The van der Waals surface area contributed by atoms with Gasteiger partial charge < -0.3 is 5.32 Å². The molecule has 0 fully saturated rings. The lowest BCUT2D eigenvalue weighted by Crippen LogP contribution is -2.12. The molecule has 0 aliphatic rings. The summed E-state index contributed by atoms with van der Waals surface area (Å²) >= 11 is 0. The van der Waals surface area contributed by atoms with Crippen molar-refractivity contribution in [2.24, 2.45) is 0 Å². The molecule has 0 heterocycles. The van der Waals surface area contributed by atoms with Crippen LogP contribution in [0.15, 0.2) is 12.1 Å². The highest BCUT2D eigenvalue weighted by Gasteiger charge is 2.26. The minimum absolute atomic E-state index is 0.189. The molecule has 7 heteroatoms. The second-order valence-electron chi connectivity index (χ2n) is 3.57. The molecule has 2 nitrogen and oxygen atoms in total. The largest absolute Gasteiger partial charge is 0.389 e. The number of alkyl halides is 3. The lowest BCUT2D eigenvalue weighted by atomic mass is 10.2. The van der Waals surface area contributed by atoms with Crippen molar-refractivity contribution in [1.29, 1.82) is 5.26 Å². The van der Waals surface area contributed by atoms with Gasteiger partial charge in [-0.25, -0.2) is 8.78 Å². The van der Waals surface area contributed by atoms with Gasteiger partial charge in [0.05, 0.1) is 11.6 Å². The quantitative estimate of drug-likeness (QED) is 0.666. The summed E-state index contributed by atoms with van der Waals surface area (Å²) < 4.78 is 62.0. The van der Waals surface area contributed by atoms with Gasteiger partial charge in [0.25, 0.3) is 0 Å². The van der Waals surface area contributed by atoms with E-state index in [0.717, 1.165) is 12.1 Å². The molecule has 1 N–H and O–H groups in total. The van der Waals surface area contributed by atoms with E-state index >= 15 is 0 Å². The molecule has 0 unspecified atom stereocenters. The third kappa shape index (κ3) is 4.20. The van der Waals surface area contributed by atoms with Gasteiger partial charge in [0.15, 0.2) is 11.6 Å². The average molecular weight is 264 g/mol. The Balaban J connectivity index is 2.61. The Morgan fingerprint density at radius 1 is 1.17 bits per heavy atom. The third-order valence-corrected chi connectivity index (χ3v) is 2.11. The van der Waals surface area contributed by atoms with Crippen LogP contribution < -0.4 is 5.32 Å². The Hall–Kier alpha value is -1.84. The SMILES string of the molecule is N#Cc1cc(F)c(NCCCC(F)(F)F)c(F)c1. The topological polar surface area (TPSA) is 35.8 Å². The predicted octanol–water partition coefficient (Wildman–Crippen LogP) is 3.59. The molecule has 0 aromatic heterocycles. The normalized spacial score (nSPS) is 11.1. The number of benzene rings is 1. The van der Waals surface area contributed by atoms with Crippen molar-refractivity contribution in [2.75, 3.05) is 11.9 Å². The molecule has 0 atom stereocenters. The summed E-state index contributed by atoms with van der Waals surface area (Å²) in [5.74, 6) is -2.00.